The van der Waals surface area contributed by atoms with Crippen LogP contribution in [0.1, 0.15) is 50.3 Å². The second-order valence-electron chi connectivity index (χ2n) is 8.58. The van der Waals surface area contributed by atoms with E-state index in [1.165, 1.54) is 36.1 Å². The topological polar surface area (TPSA) is 37.6 Å². The molecule has 2 atom stereocenters. The molecule has 2 aliphatic heterocycles. The van der Waals surface area contributed by atoms with Gasteiger partial charge in [0.05, 0.1) is 17.1 Å². The van der Waals surface area contributed by atoms with E-state index in [2.05, 4.69) is 46.9 Å². The molecule has 0 aromatic carbocycles. The molecule has 0 saturated carbocycles. The molecule has 0 spiro atoms. The number of piperidine rings is 1. The minimum Gasteiger partial charge on any atom is -0.314 e. The molecular weight excluding hydrogens is 346 g/mol. The van der Waals surface area contributed by atoms with Gasteiger partial charge in [-0.3, -0.25) is 9.79 Å². The number of hydrogen-bond acceptors (Lipinski definition) is 3. The van der Waals surface area contributed by atoms with E-state index in [4.69, 9.17) is 4.99 Å². The Bertz CT molecular complexity index is 908. The summed E-state index contributed by atoms with van der Waals surface area (Å²) in [5, 5.41) is 0. The van der Waals surface area contributed by atoms with Crippen molar-refractivity contribution in [2.45, 2.75) is 45.4 Å². The lowest BCUT2D eigenvalue weighted by molar-refractivity contribution is -0.122. The van der Waals surface area contributed by atoms with Gasteiger partial charge in [0.2, 0.25) is 0 Å². The minimum absolute atomic E-state index is 0.0603. The number of aryl methyl sites for hydroxylation is 1. The molecule has 0 bridgehead atoms. The van der Waals surface area contributed by atoms with Gasteiger partial charge in [0.1, 0.15) is 5.78 Å². The van der Waals surface area contributed by atoms with Crippen LogP contribution in [-0.4, -0.2) is 41.1 Å². The molecule has 4 aliphatic rings. The van der Waals surface area contributed by atoms with Crippen LogP contribution in [0.4, 0.5) is 0 Å². The van der Waals surface area contributed by atoms with E-state index in [-0.39, 0.29) is 11.8 Å². The van der Waals surface area contributed by atoms with Crippen molar-refractivity contribution in [1.82, 2.24) is 9.47 Å². The quantitative estimate of drug-likeness (QED) is 0.785. The van der Waals surface area contributed by atoms with Crippen molar-refractivity contribution in [3.8, 4) is 0 Å². The number of ketones is 1. The van der Waals surface area contributed by atoms with Gasteiger partial charge in [-0.1, -0.05) is 25.5 Å². The Balaban J connectivity index is 1.37. The highest BCUT2D eigenvalue weighted by molar-refractivity contribution is 6.12. The lowest BCUT2D eigenvalue weighted by Gasteiger charge is -2.29. The van der Waals surface area contributed by atoms with Crippen LogP contribution >= 0.6 is 0 Å². The fourth-order valence-corrected chi connectivity index (χ4v) is 5.17. The molecule has 1 saturated heterocycles. The number of carbonyl (C=O) groups excluding carboxylic acids is 1. The third-order valence-electron chi connectivity index (χ3n) is 6.81. The van der Waals surface area contributed by atoms with Crippen molar-refractivity contribution in [1.29, 1.82) is 0 Å². The number of aromatic nitrogens is 1. The Hall–Kier alpha value is -2.20. The van der Waals surface area contributed by atoms with Gasteiger partial charge in [-0.25, -0.2) is 0 Å². The average molecular weight is 376 g/mol. The van der Waals surface area contributed by atoms with Gasteiger partial charge in [0.25, 0.3) is 0 Å². The molecule has 3 heterocycles. The zero-order valence-corrected chi connectivity index (χ0v) is 16.7. The number of fused-ring (bicyclic) bond motifs is 1. The van der Waals surface area contributed by atoms with Crippen LogP contribution in [0, 0.1) is 11.8 Å². The summed E-state index contributed by atoms with van der Waals surface area (Å²) >= 11 is 0. The second-order valence-corrected chi connectivity index (χ2v) is 8.58. The fraction of sp³-hybridized carbons (Fsp3) is 0.500. The van der Waals surface area contributed by atoms with E-state index >= 15 is 0 Å². The Morgan fingerprint density at radius 1 is 1.25 bits per heavy atom. The monoisotopic (exact) mass is 375 g/mol. The summed E-state index contributed by atoms with van der Waals surface area (Å²) in [5.74, 6) is 0.410. The SMILES string of the molecule is CC1C2=C(C=CC1C(=O)CCN1CCCCC1)n1ccc3c1C(=CCC3)C=N2. The fourth-order valence-electron chi connectivity index (χ4n) is 5.17. The molecule has 1 aromatic heterocycles. The van der Waals surface area contributed by atoms with Crippen LogP contribution in [0.15, 0.2) is 41.2 Å². The number of allylic oxidation sites excluding steroid dienone is 6. The first kappa shape index (κ1) is 17.9. The molecule has 146 valence electrons. The molecule has 28 heavy (non-hydrogen) atoms. The van der Waals surface area contributed by atoms with Gasteiger partial charge in [0, 0.05) is 42.8 Å². The summed E-state index contributed by atoms with van der Waals surface area (Å²) in [6.45, 7) is 5.37. The highest BCUT2D eigenvalue weighted by Crippen LogP contribution is 2.39. The lowest BCUT2D eigenvalue weighted by atomic mass is 9.82. The number of Topliss-reactive ketones (excluding diaryl/α,β-unsaturated/α-hetero) is 1. The van der Waals surface area contributed by atoms with Crippen LogP contribution in [0.5, 0.6) is 0 Å². The highest BCUT2D eigenvalue weighted by Gasteiger charge is 2.32. The summed E-state index contributed by atoms with van der Waals surface area (Å²) in [4.78, 5) is 20.3. The first-order valence-corrected chi connectivity index (χ1v) is 10.8. The first-order valence-electron chi connectivity index (χ1n) is 10.8. The van der Waals surface area contributed by atoms with E-state index in [0.29, 0.717) is 12.2 Å². The van der Waals surface area contributed by atoms with Crippen molar-refractivity contribution >= 4 is 23.3 Å². The van der Waals surface area contributed by atoms with Crippen molar-refractivity contribution in [3.63, 3.8) is 0 Å². The third kappa shape index (κ3) is 3.04. The van der Waals surface area contributed by atoms with Crippen molar-refractivity contribution in [2.75, 3.05) is 19.6 Å². The normalized spacial score (nSPS) is 26.5. The predicted octanol–water partition coefficient (Wildman–Crippen LogP) is 4.34. The summed E-state index contributed by atoms with van der Waals surface area (Å²) in [5.41, 5.74) is 6.09. The van der Waals surface area contributed by atoms with E-state index in [1.807, 2.05) is 6.21 Å². The molecule has 0 N–H and O–H groups in total. The predicted molar refractivity (Wildman–Crippen MR) is 114 cm³/mol. The second kappa shape index (κ2) is 7.32. The van der Waals surface area contributed by atoms with Crippen LogP contribution in [0.2, 0.25) is 0 Å². The smallest absolute Gasteiger partial charge is 0.141 e. The largest absolute Gasteiger partial charge is 0.314 e. The number of rotatable bonds is 4. The Labute approximate surface area is 167 Å². The molecule has 2 aliphatic carbocycles. The van der Waals surface area contributed by atoms with Gasteiger partial charge in [-0.15, -0.1) is 0 Å². The van der Waals surface area contributed by atoms with Crippen molar-refractivity contribution in [3.05, 3.63) is 47.4 Å². The molecule has 4 nitrogen and oxygen atoms in total. The summed E-state index contributed by atoms with van der Waals surface area (Å²) in [6, 6.07) is 2.24. The van der Waals surface area contributed by atoms with Gasteiger partial charge in [-0.2, -0.15) is 0 Å². The zero-order chi connectivity index (χ0) is 19.1. The number of nitrogens with zero attached hydrogens (tertiary/aromatic N) is 3. The van der Waals surface area contributed by atoms with Gasteiger partial charge >= 0.3 is 0 Å². The zero-order valence-electron chi connectivity index (χ0n) is 16.7. The van der Waals surface area contributed by atoms with E-state index in [1.54, 1.807) is 0 Å². The van der Waals surface area contributed by atoms with Gasteiger partial charge < -0.3 is 9.47 Å². The summed E-state index contributed by atoms with van der Waals surface area (Å²) in [6.07, 6.45) is 17.4. The maximum absolute atomic E-state index is 13.0. The Morgan fingerprint density at radius 3 is 2.96 bits per heavy atom. The van der Waals surface area contributed by atoms with Crippen LogP contribution in [0.3, 0.4) is 0 Å². The molecule has 4 heteroatoms. The minimum atomic E-state index is -0.0603. The van der Waals surface area contributed by atoms with Crippen molar-refractivity contribution in [2.24, 2.45) is 16.8 Å². The molecule has 1 fully saturated rings. The summed E-state index contributed by atoms with van der Waals surface area (Å²) < 4.78 is 2.28. The Kier molecular flexibility index (Phi) is 4.67. The molecule has 0 radical (unpaired) electrons. The third-order valence-corrected chi connectivity index (χ3v) is 6.81. The molecule has 0 amide bonds. The number of hydrogen-bond donors (Lipinski definition) is 0. The summed E-state index contributed by atoms with van der Waals surface area (Å²) in [7, 11) is 0. The maximum atomic E-state index is 13.0. The van der Waals surface area contributed by atoms with Crippen LogP contribution < -0.4 is 0 Å². The maximum Gasteiger partial charge on any atom is 0.141 e. The molecule has 5 rings (SSSR count). The van der Waals surface area contributed by atoms with Crippen LogP contribution in [-0.2, 0) is 11.2 Å². The highest BCUT2D eigenvalue weighted by atomic mass is 16.1. The van der Waals surface area contributed by atoms with E-state index in [9.17, 15) is 4.79 Å². The molecular formula is C24H29N3O. The average Bonchev–Trinajstić information content (AvgIpc) is 3.08. The van der Waals surface area contributed by atoms with E-state index in [0.717, 1.165) is 43.9 Å². The van der Waals surface area contributed by atoms with Crippen molar-refractivity contribution < 1.29 is 4.79 Å². The van der Waals surface area contributed by atoms with Gasteiger partial charge in [-0.05, 0) is 56.5 Å². The Morgan fingerprint density at radius 2 is 2.11 bits per heavy atom. The molecule has 2 unspecified atom stereocenters. The van der Waals surface area contributed by atoms with Gasteiger partial charge in [0.15, 0.2) is 0 Å². The first-order chi connectivity index (χ1) is 13.7. The lowest BCUT2D eigenvalue weighted by Crippen LogP contribution is -2.33. The van der Waals surface area contributed by atoms with Crippen LogP contribution in [0.25, 0.3) is 11.3 Å². The number of aliphatic imine (C=N–C) groups is 1. The standard InChI is InChI=1S/C24H29N3O/c1-17-20(22(28)11-14-26-12-3-2-4-13-26)8-9-21-23(17)25-16-19-7-5-6-18-10-15-27(21)24(18)19/h7-10,15-17,20H,2-6,11-14H2,1H3. The van der Waals surface area contributed by atoms with E-state index < -0.39 is 0 Å². The number of likely N-dealkylation sites (tertiary alicyclic amines) is 1. The molecule has 1 aromatic rings. The number of carbonyl (C=O) groups is 1.